The number of amides is 2. The number of carbonyl (C=O) groups is 2. The summed E-state index contributed by atoms with van der Waals surface area (Å²) in [5, 5.41) is 1.09. The van der Waals surface area contributed by atoms with Crippen LogP contribution in [0.1, 0.15) is 36.7 Å². The number of methoxy groups -OCH3 is 2. The maximum atomic E-state index is 13.6. The van der Waals surface area contributed by atoms with E-state index in [0.717, 1.165) is 27.7 Å². The van der Waals surface area contributed by atoms with Crippen molar-refractivity contribution in [1.82, 2.24) is 14.8 Å². The summed E-state index contributed by atoms with van der Waals surface area (Å²) in [6, 6.07) is 12.7. The second kappa shape index (κ2) is 8.14. The quantitative estimate of drug-likeness (QED) is 0.649. The molecule has 3 aromatic rings. The van der Waals surface area contributed by atoms with Gasteiger partial charge in [0, 0.05) is 41.2 Å². The molecule has 0 aliphatic carbocycles. The van der Waals surface area contributed by atoms with Crippen LogP contribution in [-0.2, 0) is 16.0 Å². The Morgan fingerprint density at radius 2 is 1.88 bits per heavy atom. The molecule has 1 aromatic heterocycles. The van der Waals surface area contributed by atoms with Crippen LogP contribution in [0.4, 0.5) is 0 Å². The van der Waals surface area contributed by atoms with E-state index in [-0.39, 0.29) is 24.3 Å². The molecule has 2 aromatic carbocycles. The highest BCUT2D eigenvalue weighted by Gasteiger charge is 2.48. The largest absolute Gasteiger partial charge is 0.497 e. The summed E-state index contributed by atoms with van der Waals surface area (Å²) in [5.41, 5.74) is 3.85. The number of benzene rings is 2. The first kappa shape index (κ1) is 21.4. The predicted octanol–water partition coefficient (Wildman–Crippen LogP) is 3.53. The number of nitrogens with zero attached hydrogens (tertiary/aromatic N) is 2. The van der Waals surface area contributed by atoms with Crippen LogP contribution in [0.15, 0.2) is 42.5 Å². The summed E-state index contributed by atoms with van der Waals surface area (Å²) in [7, 11) is 3.22. The number of aromatic nitrogens is 1. The van der Waals surface area contributed by atoms with E-state index in [9.17, 15) is 9.59 Å². The van der Waals surface area contributed by atoms with Gasteiger partial charge in [-0.05, 0) is 29.7 Å². The molecule has 2 aliphatic rings. The predicted molar refractivity (Wildman–Crippen MR) is 125 cm³/mol. The van der Waals surface area contributed by atoms with Gasteiger partial charge >= 0.3 is 0 Å². The van der Waals surface area contributed by atoms with E-state index in [4.69, 9.17) is 9.47 Å². The first-order valence-electron chi connectivity index (χ1n) is 11.3. The van der Waals surface area contributed by atoms with E-state index >= 15 is 0 Å². The highest BCUT2D eigenvalue weighted by molar-refractivity contribution is 5.97. The fourth-order valence-corrected chi connectivity index (χ4v) is 5.29. The van der Waals surface area contributed by atoms with Crippen molar-refractivity contribution in [2.24, 2.45) is 5.92 Å². The molecule has 5 rings (SSSR count). The maximum absolute atomic E-state index is 13.6. The number of H-pyrrole nitrogens is 1. The number of hydrogen-bond acceptors (Lipinski definition) is 4. The molecule has 1 N–H and O–H groups in total. The van der Waals surface area contributed by atoms with Gasteiger partial charge in [0.25, 0.3) is 0 Å². The third-order valence-electron chi connectivity index (χ3n) is 6.66. The molecule has 7 heteroatoms. The zero-order valence-corrected chi connectivity index (χ0v) is 19.4. The number of fused-ring (bicyclic) bond motifs is 4. The molecule has 0 saturated carbocycles. The molecule has 0 spiro atoms. The number of rotatable bonds is 5. The molecule has 1 fully saturated rings. The van der Waals surface area contributed by atoms with Gasteiger partial charge in [0.05, 0.1) is 20.8 Å². The molecule has 1 saturated heterocycles. The second-order valence-electron chi connectivity index (χ2n) is 9.21. The Bertz CT molecular complexity index is 1230. The van der Waals surface area contributed by atoms with Gasteiger partial charge in [-0.15, -0.1) is 0 Å². The van der Waals surface area contributed by atoms with Gasteiger partial charge in [0.15, 0.2) is 0 Å². The molecule has 0 unspecified atom stereocenters. The van der Waals surface area contributed by atoms with Crippen molar-refractivity contribution in [3.05, 3.63) is 59.3 Å². The van der Waals surface area contributed by atoms with Crippen molar-refractivity contribution < 1.29 is 19.1 Å². The number of nitrogens with one attached hydrogen (secondary N) is 1. The van der Waals surface area contributed by atoms with E-state index < -0.39 is 12.1 Å². The second-order valence-corrected chi connectivity index (χ2v) is 9.21. The molecule has 2 amide bonds. The Hall–Kier alpha value is -3.48. The molecule has 172 valence electrons. The van der Waals surface area contributed by atoms with Crippen LogP contribution < -0.4 is 9.47 Å². The summed E-state index contributed by atoms with van der Waals surface area (Å²) in [6.45, 7) is 4.80. The molecular formula is C26H29N3O4. The van der Waals surface area contributed by atoms with Gasteiger partial charge in [0.1, 0.15) is 23.6 Å². The van der Waals surface area contributed by atoms with Gasteiger partial charge in [-0.1, -0.05) is 32.0 Å². The zero-order valence-electron chi connectivity index (χ0n) is 19.4. The molecule has 3 heterocycles. The van der Waals surface area contributed by atoms with E-state index in [1.807, 2.05) is 36.4 Å². The van der Waals surface area contributed by atoms with Crippen LogP contribution in [-0.4, -0.2) is 59.9 Å². The summed E-state index contributed by atoms with van der Waals surface area (Å²) < 4.78 is 11.1. The molecule has 0 radical (unpaired) electrons. The lowest BCUT2D eigenvalue weighted by Crippen LogP contribution is -2.63. The van der Waals surface area contributed by atoms with Gasteiger partial charge in [-0.3, -0.25) is 9.59 Å². The Labute approximate surface area is 193 Å². The van der Waals surface area contributed by atoms with E-state index in [2.05, 4.69) is 24.9 Å². The summed E-state index contributed by atoms with van der Waals surface area (Å²) in [5.74, 6) is 1.54. The minimum atomic E-state index is -0.548. The minimum absolute atomic E-state index is 0.0108. The van der Waals surface area contributed by atoms with Crippen molar-refractivity contribution in [3.8, 4) is 11.5 Å². The SMILES string of the molecule is COc1ccc([C@@H]2c3[nH]c4ccccc4c3C[C@H]3C(=O)N(CC(C)C)CC(=O)N23)c(OC)c1. The van der Waals surface area contributed by atoms with E-state index in [1.165, 1.54) is 0 Å². The lowest BCUT2D eigenvalue weighted by atomic mass is 9.85. The van der Waals surface area contributed by atoms with Crippen LogP contribution in [0, 0.1) is 5.92 Å². The highest BCUT2D eigenvalue weighted by Crippen LogP contribution is 2.45. The molecule has 2 aliphatic heterocycles. The van der Waals surface area contributed by atoms with E-state index in [0.29, 0.717) is 24.5 Å². The van der Waals surface area contributed by atoms with Gasteiger partial charge in [-0.25, -0.2) is 0 Å². The number of aromatic amines is 1. The fraction of sp³-hybridized carbons (Fsp3) is 0.385. The van der Waals surface area contributed by atoms with Gasteiger partial charge in [0.2, 0.25) is 11.8 Å². The number of carbonyl (C=O) groups excluding carboxylic acids is 2. The van der Waals surface area contributed by atoms with Crippen molar-refractivity contribution >= 4 is 22.7 Å². The average Bonchev–Trinajstić information content (AvgIpc) is 3.18. The smallest absolute Gasteiger partial charge is 0.246 e. The average molecular weight is 448 g/mol. The lowest BCUT2D eigenvalue weighted by Gasteiger charge is -2.47. The van der Waals surface area contributed by atoms with Gasteiger partial charge < -0.3 is 24.3 Å². The van der Waals surface area contributed by atoms with Crippen molar-refractivity contribution in [3.63, 3.8) is 0 Å². The van der Waals surface area contributed by atoms with Crippen LogP contribution in [0.2, 0.25) is 0 Å². The summed E-state index contributed by atoms with van der Waals surface area (Å²) >= 11 is 0. The van der Waals surface area contributed by atoms with Crippen LogP contribution in [0.25, 0.3) is 10.9 Å². The topological polar surface area (TPSA) is 74.9 Å². The molecular weight excluding hydrogens is 418 g/mol. The Kier molecular flexibility index (Phi) is 5.27. The van der Waals surface area contributed by atoms with Crippen LogP contribution >= 0.6 is 0 Å². The van der Waals surface area contributed by atoms with Gasteiger partial charge in [-0.2, -0.15) is 0 Å². The first-order valence-corrected chi connectivity index (χ1v) is 11.3. The highest BCUT2D eigenvalue weighted by atomic mass is 16.5. The number of piperazine rings is 1. The van der Waals surface area contributed by atoms with Crippen LogP contribution in [0.5, 0.6) is 11.5 Å². The van der Waals surface area contributed by atoms with Crippen LogP contribution in [0.3, 0.4) is 0 Å². The van der Waals surface area contributed by atoms with Crippen molar-refractivity contribution in [2.45, 2.75) is 32.4 Å². The number of hydrogen-bond donors (Lipinski definition) is 1. The van der Waals surface area contributed by atoms with Crippen molar-refractivity contribution in [2.75, 3.05) is 27.3 Å². The minimum Gasteiger partial charge on any atom is -0.497 e. The van der Waals surface area contributed by atoms with Crippen molar-refractivity contribution in [1.29, 1.82) is 0 Å². The zero-order chi connectivity index (χ0) is 23.3. The summed E-state index contributed by atoms with van der Waals surface area (Å²) in [6.07, 6.45) is 0.494. The number of ether oxygens (including phenoxy) is 2. The molecule has 7 nitrogen and oxygen atoms in total. The number of para-hydroxylation sites is 1. The normalized spacial score (nSPS) is 20.3. The third kappa shape index (κ3) is 3.43. The molecule has 33 heavy (non-hydrogen) atoms. The standard InChI is InChI=1S/C26H29N3O4/c1-15(2)13-28-14-23(30)29-21(26(28)31)12-19-17-7-5-6-8-20(17)27-24(19)25(29)18-10-9-16(32-3)11-22(18)33-4/h5-11,15,21,25,27H,12-14H2,1-4H3/t21-,25+/m0/s1. The molecule has 2 atom stereocenters. The van der Waals surface area contributed by atoms with E-state index in [1.54, 1.807) is 24.0 Å². The Morgan fingerprint density at radius 3 is 2.61 bits per heavy atom. The fourth-order valence-electron chi connectivity index (χ4n) is 5.29. The first-order chi connectivity index (χ1) is 15.9. The Balaban J connectivity index is 1.71. The maximum Gasteiger partial charge on any atom is 0.246 e. The monoisotopic (exact) mass is 447 g/mol. The molecule has 0 bridgehead atoms. The lowest BCUT2D eigenvalue weighted by molar-refractivity contribution is -0.159. The third-order valence-corrected chi connectivity index (χ3v) is 6.66. The Morgan fingerprint density at radius 1 is 1.09 bits per heavy atom. The summed E-state index contributed by atoms with van der Waals surface area (Å²) in [4.78, 5) is 34.2.